The van der Waals surface area contributed by atoms with E-state index in [0.717, 1.165) is 31.7 Å². The van der Waals surface area contributed by atoms with Crippen molar-refractivity contribution in [3.05, 3.63) is 26.9 Å². The predicted octanol–water partition coefficient (Wildman–Crippen LogP) is 1.96. The number of rotatable bonds is 4. The molecule has 7 heteroatoms. The van der Waals surface area contributed by atoms with Gasteiger partial charge in [-0.2, -0.15) is 0 Å². The molecule has 2 rings (SSSR count). The summed E-state index contributed by atoms with van der Waals surface area (Å²) in [7, 11) is 0. The molecule has 0 bridgehead atoms. The number of pyridine rings is 1. The summed E-state index contributed by atoms with van der Waals surface area (Å²) in [6.07, 6.45) is 3.09. The van der Waals surface area contributed by atoms with E-state index in [4.69, 9.17) is 5.11 Å². The van der Waals surface area contributed by atoms with Crippen molar-refractivity contribution in [2.75, 3.05) is 24.6 Å². The molecule has 0 amide bonds. The first-order valence-corrected chi connectivity index (χ1v) is 6.57. The van der Waals surface area contributed by atoms with Crippen molar-refractivity contribution in [3.63, 3.8) is 0 Å². The molecule has 1 fully saturated rings. The zero-order valence-electron chi connectivity index (χ0n) is 9.75. The maximum Gasteiger partial charge on any atom is 0.288 e. The van der Waals surface area contributed by atoms with E-state index in [9.17, 15) is 10.1 Å². The summed E-state index contributed by atoms with van der Waals surface area (Å²) >= 11 is 3.33. The number of hydrogen-bond donors (Lipinski definition) is 1. The number of nitro groups is 1. The van der Waals surface area contributed by atoms with E-state index >= 15 is 0 Å². The average molecular weight is 316 g/mol. The van der Waals surface area contributed by atoms with Crippen LogP contribution < -0.4 is 4.90 Å². The SMILES string of the molecule is O=[N+]([O-])c1cnc(N2CCC(CCO)C2)c(Br)c1. The number of halogens is 1. The molecule has 6 nitrogen and oxygen atoms in total. The molecule has 1 N–H and O–H groups in total. The Bertz CT molecular complexity index is 455. The maximum absolute atomic E-state index is 10.6. The number of hydrogen-bond acceptors (Lipinski definition) is 5. The number of anilines is 1. The number of aromatic nitrogens is 1. The molecular formula is C11H14BrN3O3. The molecule has 1 aliphatic rings. The Labute approximate surface area is 113 Å². The summed E-state index contributed by atoms with van der Waals surface area (Å²) < 4.78 is 0.640. The molecule has 1 aromatic rings. The van der Waals surface area contributed by atoms with Gasteiger partial charge in [0.1, 0.15) is 12.0 Å². The molecule has 18 heavy (non-hydrogen) atoms. The molecule has 0 saturated carbocycles. The Morgan fingerprint density at radius 1 is 1.67 bits per heavy atom. The van der Waals surface area contributed by atoms with Gasteiger partial charge >= 0.3 is 0 Å². The summed E-state index contributed by atoms with van der Waals surface area (Å²) in [4.78, 5) is 16.4. The van der Waals surface area contributed by atoms with Crippen molar-refractivity contribution in [2.24, 2.45) is 5.92 Å². The normalized spacial score (nSPS) is 19.2. The zero-order chi connectivity index (χ0) is 13.1. The van der Waals surface area contributed by atoms with E-state index < -0.39 is 4.92 Å². The highest BCUT2D eigenvalue weighted by atomic mass is 79.9. The predicted molar refractivity (Wildman–Crippen MR) is 70.6 cm³/mol. The van der Waals surface area contributed by atoms with E-state index in [0.29, 0.717) is 10.4 Å². The van der Waals surface area contributed by atoms with Crippen molar-refractivity contribution >= 4 is 27.4 Å². The third kappa shape index (κ3) is 2.78. The van der Waals surface area contributed by atoms with E-state index in [-0.39, 0.29) is 12.3 Å². The Kier molecular flexibility index (Phi) is 4.13. The minimum atomic E-state index is -0.458. The molecule has 1 aromatic heterocycles. The second-order valence-corrected chi connectivity index (χ2v) is 5.22. The molecule has 0 radical (unpaired) electrons. The summed E-state index contributed by atoms with van der Waals surface area (Å²) in [5, 5.41) is 19.5. The Balaban J connectivity index is 2.12. The summed E-state index contributed by atoms with van der Waals surface area (Å²) in [6, 6.07) is 1.47. The molecule has 0 aromatic carbocycles. The van der Waals surface area contributed by atoms with Crippen LogP contribution in [0.1, 0.15) is 12.8 Å². The quantitative estimate of drug-likeness (QED) is 0.678. The van der Waals surface area contributed by atoms with Gasteiger partial charge in [0.15, 0.2) is 0 Å². The first-order chi connectivity index (χ1) is 8.61. The van der Waals surface area contributed by atoms with E-state index in [1.807, 2.05) is 0 Å². The monoisotopic (exact) mass is 315 g/mol. The van der Waals surface area contributed by atoms with Crippen LogP contribution in [0.5, 0.6) is 0 Å². The fourth-order valence-corrected chi connectivity index (χ4v) is 2.78. The Hall–Kier alpha value is -1.21. The van der Waals surface area contributed by atoms with Crippen molar-refractivity contribution in [3.8, 4) is 0 Å². The lowest BCUT2D eigenvalue weighted by Crippen LogP contribution is -2.21. The van der Waals surface area contributed by atoms with Crippen LogP contribution in [0, 0.1) is 16.0 Å². The van der Waals surface area contributed by atoms with Gasteiger partial charge in [0, 0.05) is 25.8 Å². The highest BCUT2D eigenvalue weighted by molar-refractivity contribution is 9.10. The van der Waals surface area contributed by atoms with Gasteiger partial charge in [-0.1, -0.05) is 0 Å². The van der Waals surface area contributed by atoms with E-state index in [1.54, 1.807) is 0 Å². The fraction of sp³-hybridized carbons (Fsp3) is 0.545. The van der Waals surface area contributed by atoms with Crippen molar-refractivity contribution < 1.29 is 10.0 Å². The minimum absolute atomic E-state index is 0.0169. The topological polar surface area (TPSA) is 79.5 Å². The summed E-state index contributed by atoms with van der Waals surface area (Å²) in [5.41, 5.74) is -0.0169. The van der Waals surface area contributed by atoms with Crippen LogP contribution in [0.4, 0.5) is 11.5 Å². The van der Waals surface area contributed by atoms with E-state index in [2.05, 4.69) is 25.8 Å². The lowest BCUT2D eigenvalue weighted by Gasteiger charge is -2.18. The highest BCUT2D eigenvalue weighted by Crippen LogP contribution is 2.31. The van der Waals surface area contributed by atoms with Crippen molar-refractivity contribution in [1.82, 2.24) is 4.98 Å². The first kappa shape index (κ1) is 13.2. The zero-order valence-corrected chi connectivity index (χ0v) is 11.3. The first-order valence-electron chi connectivity index (χ1n) is 5.77. The second-order valence-electron chi connectivity index (χ2n) is 4.37. The third-order valence-electron chi connectivity index (χ3n) is 3.14. The summed E-state index contributed by atoms with van der Waals surface area (Å²) in [6.45, 7) is 1.91. The van der Waals surface area contributed by atoms with Crippen LogP contribution in [0.3, 0.4) is 0 Å². The molecule has 98 valence electrons. The average Bonchev–Trinajstić information content (AvgIpc) is 2.77. The van der Waals surface area contributed by atoms with E-state index in [1.165, 1.54) is 12.3 Å². The van der Waals surface area contributed by atoms with Gasteiger partial charge in [-0.05, 0) is 34.7 Å². The fourth-order valence-electron chi connectivity index (χ4n) is 2.20. The van der Waals surface area contributed by atoms with Crippen LogP contribution in [-0.4, -0.2) is 34.7 Å². The van der Waals surface area contributed by atoms with Crippen molar-refractivity contribution in [1.29, 1.82) is 0 Å². The van der Waals surface area contributed by atoms with Gasteiger partial charge in [0.05, 0.1) is 9.40 Å². The van der Waals surface area contributed by atoms with Crippen LogP contribution in [0.25, 0.3) is 0 Å². The lowest BCUT2D eigenvalue weighted by molar-refractivity contribution is -0.385. The second kappa shape index (κ2) is 5.62. The smallest absolute Gasteiger partial charge is 0.288 e. The maximum atomic E-state index is 10.6. The lowest BCUT2D eigenvalue weighted by atomic mass is 10.1. The van der Waals surface area contributed by atoms with Gasteiger partial charge < -0.3 is 10.0 Å². The van der Waals surface area contributed by atoms with Gasteiger partial charge in [-0.25, -0.2) is 4.98 Å². The Morgan fingerprint density at radius 2 is 2.44 bits per heavy atom. The molecule has 0 spiro atoms. The summed E-state index contributed by atoms with van der Waals surface area (Å²) in [5.74, 6) is 1.21. The third-order valence-corrected chi connectivity index (χ3v) is 3.72. The number of aliphatic hydroxyl groups is 1. The van der Waals surface area contributed by atoms with Gasteiger partial charge in [-0.15, -0.1) is 0 Å². The largest absolute Gasteiger partial charge is 0.396 e. The minimum Gasteiger partial charge on any atom is -0.396 e. The highest BCUT2D eigenvalue weighted by Gasteiger charge is 2.25. The molecule has 1 unspecified atom stereocenters. The van der Waals surface area contributed by atoms with Gasteiger partial charge in [0.25, 0.3) is 5.69 Å². The standard InChI is InChI=1S/C11H14BrN3O3/c12-10-5-9(15(17)18)6-13-11(10)14-3-1-8(7-14)2-4-16/h5-6,8,16H,1-4,7H2. The molecule has 1 aliphatic heterocycles. The molecule has 2 heterocycles. The molecule has 0 aliphatic carbocycles. The number of nitrogens with zero attached hydrogens (tertiary/aromatic N) is 3. The van der Waals surface area contributed by atoms with Crippen molar-refractivity contribution in [2.45, 2.75) is 12.8 Å². The molecular weight excluding hydrogens is 302 g/mol. The van der Waals surface area contributed by atoms with Gasteiger partial charge in [-0.3, -0.25) is 10.1 Å². The molecule has 1 saturated heterocycles. The van der Waals surface area contributed by atoms with Crippen LogP contribution in [-0.2, 0) is 0 Å². The Morgan fingerprint density at radius 3 is 3.06 bits per heavy atom. The van der Waals surface area contributed by atoms with Crippen LogP contribution in [0.15, 0.2) is 16.7 Å². The number of aliphatic hydroxyl groups excluding tert-OH is 1. The van der Waals surface area contributed by atoms with Crippen LogP contribution in [0.2, 0.25) is 0 Å². The molecule has 1 atom stereocenters. The van der Waals surface area contributed by atoms with Gasteiger partial charge in [0.2, 0.25) is 0 Å². The van der Waals surface area contributed by atoms with Crippen LogP contribution >= 0.6 is 15.9 Å².